The Morgan fingerprint density at radius 2 is 1.74 bits per heavy atom. The van der Waals surface area contributed by atoms with E-state index < -0.39 is 0 Å². The number of benzene rings is 2. The third-order valence-electron chi connectivity index (χ3n) is 3.06. The van der Waals surface area contributed by atoms with Crippen molar-refractivity contribution in [1.82, 2.24) is 4.90 Å². The fourth-order valence-electron chi connectivity index (χ4n) is 1.88. The van der Waals surface area contributed by atoms with Gasteiger partial charge in [0.1, 0.15) is 5.75 Å². The van der Waals surface area contributed by atoms with Crippen LogP contribution >= 0.6 is 0 Å². The van der Waals surface area contributed by atoms with Gasteiger partial charge in [-0.25, -0.2) is 0 Å². The van der Waals surface area contributed by atoms with Gasteiger partial charge in [-0.3, -0.25) is 4.79 Å². The van der Waals surface area contributed by atoms with Crippen LogP contribution in [0.1, 0.15) is 15.9 Å². The van der Waals surface area contributed by atoms with Crippen LogP contribution in [-0.2, 0) is 0 Å². The highest BCUT2D eigenvalue weighted by Crippen LogP contribution is 2.26. The molecule has 98 valence electrons. The van der Waals surface area contributed by atoms with Crippen LogP contribution in [0.25, 0.3) is 11.1 Å². The Labute approximate surface area is 113 Å². The second-order valence-electron chi connectivity index (χ2n) is 4.78. The molecule has 0 aliphatic heterocycles. The summed E-state index contributed by atoms with van der Waals surface area (Å²) < 4.78 is 0. The fourth-order valence-corrected chi connectivity index (χ4v) is 1.88. The molecule has 1 amide bonds. The number of carbonyl (C=O) groups is 1. The minimum Gasteiger partial charge on any atom is -0.508 e. The highest BCUT2D eigenvalue weighted by atomic mass is 16.3. The first-order chi connectivity index (χ1) is 8.99. The number of aromatic hydroxyl groups is 1. The van der Waals surface area contributed by atoms with Crippen LogP contribution in [0.3, 0.4) is 0 Å². The number of nitrogens with zero attached hydrogens (tertiary/aromatic N) is 1. The smallest absolute Gasteiger partial charge is 0.253 e. The summed E-state index contributed by atoms with van der Waals surface area (Å²) in [5.41, 5.74) is 3.30. The van der Waals surface area contributed by atoms with Gasteiger partial charge in [-0.15, -0.1) is 0 Å². The van der Waals surface area contributed by atoms with E-state index >= 15 is 0 Å². The van der Waals surface area contributed by atoms with Gasteiger partial charge in [0, 0.05) is 19.7 Å². The molecule has 0 heterocycles. The molecule has 0 spiro atoms. The van der Waals surface area contributed by atoms with Crippen molar-refractivity contribution in [2.45, 2.75) is 6.92 Å². The molecule has 0 unspecified atom stereocenters. The second-order valence-corrected chi connectivity index (χ2v) is 4.78. The molecule has 0 bridgehead atoms. The van der Waals surface area contributed by atoms with E-state index in [1.165, 1.54) is 0 Å². The molecule has 0 saturated heterocycles. The number of amides is 1. The molecule has 2 aromatic rings. The zero-order chi connectivity index (χ0) is 14.0. The number of aryl methyl sites for hydroxylation is 1. The van der Waals surface area contributed by atoms with Gasteiger partial charge in [-0.05, 0) is 41.8 Å². The lowest BCUT2D eigenvalue weighted by atomic mass is 10.0. The summed E-state index contributed by atoms with van der Waals surface area (Å²) in [7, 11) is 3.46. The molecule has 2 rings (SSSR count). The zero-order valence-corrected chi connectivity index (χ0v) is 11.3. The Balaban J connectivity index is 2.43. The minimum atomic E-state index is -0.0295. The van der Waals surface area contributed by atoms with Gasteiger partial charge < -0.3 is 10.0 Å². The molecule has 3 heteroatoms. The zero-order valence-electron chi connectivity index (χ0n) is 11.3. The highest BCUT2D eigenvalue weighted by molar-refractivity contribution is 5.95. The molecular formula is C16H17NO2. The first-order valence-electron chi connectivity index (χ1n) is 6.11. The van der Waals surface area contributed by atoms with Gasteiger partial charge in [0.15, 0.2) is 0 Å². The van der Waals surface area contributed by atoms with Crippen molar-refractivity contribution in [3.05, 3.63) is 53.6 Å². The van der Waals surface area contributed by atoms with E-state index in [9.17, 15) is 9.90 Å². The lowest BCUT2D eigenvalue weighted by molar-refractivity contribution is 0.0827. The maximum Gasteiger partial charge on any atom is 0.253 e. The molecule has 3 nitrogen and oxygen atoms in total. The van der Waals surface area contributed by atoms with Crippen LogP contribution in [0.4, 0.5) is 0 Å². The lowest BCUT2D eigenvalue weighted by Gasteiger charge is -2.11. The lowest BCUT2D eigenvalue weighted by Crippen LogP contribution is -2.21. The van der Waals surface area contributed by atoms with E-state index in [1.807, 2.05) is 37.3 Å². The van der Waals surface area contributed by atoms with Crippen LogP contribution in [0, 0.1) is 6.92 Å². The van der Waals surface area contributed by atoms with E-state index in [-0.39, 0.29) is 11.7 Å². The third kappa shape index (κ3) is 2.76. The summed E-state index contributed by atoms with van der Waals surface area (Å²) in [5.74, 6) is 0.236. The Hall–Kier alpha value is -2.29. The molecule has 1 N–H and O–H groups in total. The standard InChI is InChI=1S/C16H17NO2/c1-11-7-8-13(10-15(11)18)12-5-4-6-14(9-12)16(19)17(2)3/h4-10,18H,1-3H3. The van der Waals surface area contributed by atoms with Crippen molar-refractivity contribution in [2.24, 2.45) is 0 Å². The Kier molecular flexibility index (Phi) is 3.56. The molecule has 0 aliphatic rings. The first kappa shape index (κ1) is 13.1. The van der Waals surface area contributed by atoms with Gasteiger partial charge in [0.05, 0.1) is 0 Å². The van der Waals surface area contributed by atoms with Crippen molar-refractivity contribution < 1.29 is 9.90 Å². The number of hydrogen-bond acceptors (Lipinski definition) is 2. The SMILES string of the molecule is Cc1ccc(-c2cccc(C(=O)N(C)C)c2)cc1O. The number of carbonyl (C=O) groups excluding carboxylic acids is 1. The summed E-state index contributed by atoms with van der Waals surface area (Å²) in [4.78, 5) is 13.5. The van der Waals surface area contributed by atoms with E-state index in [2.05, 4.69) is 0 Å². The summed E-state index contributed by atoms with van der Waals surface area (Å²) in [6.45, 7) is 1.85. The van der Waals surface area contributed by atoms with Crippen LogP contribution in [0.15, 0.2) is 42.5 Å². The normalized spacial score (nSPS) is 10.3. The molecule has 0 saturated carbocycles. The number of phenolic OH excluding ortho intramolecular Hbond substituents is 1. The average Bonchev–Trinajstić information content (AvgIpc) is 2.41. The fraction of sp³-hybridized carbons (Fsp3) is 0.188. The van der Waals surface area contributed by atoms with E-state index in [1.54, 1.807) is 31.1 Å². The quantitative estimate of drug-likeness (QED) is 0.896. The van der Waals surface area contributed by atoms with Gasteiger partial charge in [0.2, 0.25) is 0 Å². The predicted octanol–water partition coefficient (Wildman–Crippen LogP) is 3.07. The molecule has 0 fully saturated rings. The van der Waals surface area contributed by atoms with E-state index in [0.717, 1.165) is 16.7 Å². The largest absolute Gasteiger partial charge is 0.508 e. The summed E-state index contributed by atoms with van der Waals surface area (Å²) in [5, 5.41) is 9.75. The van der Waals surface area contributed by atoms with Gasteiger partial charge >= 0.3 is 0 Å². The van der Waals surface area contributed by atoms with Crippen molar-refractivity contribution >= 4 is 5.91 Å². The third-order valence-corrected chi connectivity index (χ3v) is 3.06. The van der Waals surface area contributed by atoms with Crippen molar-refractivity contribution in [3.8, 4) is 16.9 Å². The first-order valence-corrected chi connectivity index (χ1v) is 6.11. The number of phenols is 1. The maximum absolute atomic E-state index is 11.9. The molecule has 0 radical (unpaired) electrons. The Bertz CT molecular complexity index is 618. The predicted molar refractivity (Wildman–Crippen MR) is 76.3 cm³/mol. The second kappa shape index (κ2) is 5.14. The molecular weight excluding hydrogens is 238 g/mol. The number of hydrogen-bond donors (Lipinski definition) is 1. The van der Waals surface area contributed by atoms with Crippen LogP contribution in [-0.4, -0.2) is 30.0 Å². The summed E-state index contributed by atoms with van der Waals surface area (Å²) >= 11 is 0. The molecule has 0 aliphatic carbocycles. The van der Waals surface area contributed by atoms with E-state index in [0.29, 0.717) is 5.56 Å². The summed E-state index contributed by atoms with van der Waals surface area (Å²) in [6, 6.07) is 12.9. The summed E-state index contributed by atoms with van der Waals surface area (Å²) in [6.07, 6.45) is 0. The van der Waals surface area contributed by atoms with E-state index in [4.69, 9.17) is 0 Å². The maximum atomic E-state index is 11.9. The average molecular weight is 255 g/mol. The van der Waals surface area contributed by atoms with Gasteiger partial charge in [0.25, 0.3) is 5.91 Å². The topological polar surface area (TPSA) is 40.5 Å². The van der Waals surface area contributed by atoms with Crippen LogP contribution in [0.5, 0.6) is 5.75 Å². The molecule has 0 aromatic heterocycles. The molecule has 19 heavy (non-hydrogen) atoms. The monoisotopic (exact) mass is 255 g/mol. The van der Waals surface area contributed by atoms with Crippen LogP contribution in [0.2, 0.25) is 0 Å². The van der Waals surface area contributed by atoms with Gasteiger partial charge in [-0.2, -0.15) is 0 Å². The number of rotatable bonds is 2. The van der Waals surface area contributed by atoms with Crippen molar-refractivity contribution in [1.29, 1.82) is 0 Å². The van der Waals surface area contributed by atoms with Crippen LogP contribution < -0.4 is 0 Å². The van der Waals surface area contributed by atoms with Crippen molar-refractivity contribution in [3.63, 3.8) is 0 Å². The Morgan fingerprint density at radius 3 is 2.37 bits per heavy atom. The minimum absolute atomic E-state index is 0.0295. The Morgan fingerprint density at radius 1 is 1.05 bits per heavy atom. The van der Waals surface area contributed by atoms with Crippen molar-refractivity contribution in [2.75, 3.05) is 14.1 Å². The highest BCUT2D eigenvalue weighted by Gasteiger charge is 2.09. The molecule has 2 aromatic carbocycles. The molecule has 0 atom stereocenters. The van der Waals surface area contributed by atoms with Gasteiger partial charge in [-0.1, -0.05) is 24.3 Å².